The van der Waals surface area contributed by atoms with Crippen LogP contribution in [0.5, 0.6) is 0 Å². The fourth-order valence-corrected chi connectivity index (χ4v) is 4.60. The van der Waals surface area contributed by atoms with Crippen molar-refractivity contribution in [2.75, 3.05) is 33.7 Å². The second-order valence-electron chi connectivity index (χ2n) is 8.88. The van der Waals surface area contributed by atoms with Crippen LogP contribution >= 0.6 is 0 Å². The first-order valence-electron chi connectivity index (χ1n) is 11.9. The van der Waals surface area contributed by atoms with Crippen LogP contribution in [0.15, 0.2) is 30.3 Å². The van der Waals surface area contributed by atoms with Crippen molar-refractivity contribution < 1.29 is 19.2 Å². The minimum Gasteiger partial charge on any atom is -0.354 e. The monoisotopic (exact) mass is 472 g/mol. The van der Waals surface area contributed by atoms with Crippen molar-refractivity contribution in [2.45, 2.75) is 56.8 Å². The highest BCUT2D eigenvalue weighted by Gasteiger charge is 2.45. The van der Waals surface area contributed by atoms with Crippen molar-refractivity contribution in [2.24, 2.45) is 0 Å². The van der Waals surface area contributed by atoms with Gasteiger partial charge in [0.25, 0.3) is 0 Å². The van der Waals surface area contributed by atoms with E-state index in [1.807, 2.05) is 30.3 Å². The molecular weight excluding hydrogens is 436 g/mol. The highest BCUT2D eigenvalue weighted by molar-refractivity contribution is 5.94. The van der Waals surface area contributed by atoms with Crippen molar-refractivity contribution >= 4 is 23.8 Å². The molecule has 4 N–H and O–H groups in total. The van der Waals surface area contributed by atoms with E-state index in [4.69, 9.17) is 0 Å². The maximum atomic E-state index is 13.6. The van der Waals surface area contributed by atoms with E-state index in [0.29, 0.717) is 38.8 Å². The number of likely N-dealkylation sites (N-methyl/N-ethyl adjacent to an activating group) is 1. The van der Waals surface area contributed by atoms with E-state index in [1.54, 1.807) is 23.8 Å². The smallest absolute Gasteiger partial charge is 0.317 e. The van der Waals surface area contributed by atoms with Crippen LogP contribution in [0.3, 0.4) is 0 Å². The lowest BCUT2D eigenvalue weighted by atomic mass is 10.1. The summed E-state index contributed by atoms with van der Waals surface area (Å²) in [5, 5.41) is 11.2. The minimum atomic E-state index is -0.930. The molecular formula is C24H36N6O4. The maximum absolute atomic E-state index is 13.6. The first-order chi connectivity index (χ1) is 16.3. The van der Waals surface area contributed by atoms with Crippen LogP contribution in [0.2, 0.25) is 0 Å². The van der Waals surface area contributed by atoms with Crippen LogP contribution in [-0.2, 0) is 20.8 Å². The van der Waals surface area contributed by atoms with Gasteiger partial charge in [-0.15, -0.1) is 0 Å². The van der Waals surface area contributed by atoms with Gasteiger partial charge in [0.05, 0.1) is 12.6 Å². The van der Waals surface area contributed by atoms with Crippen molar-refractivity contribution in [3.8, 4) is 0 Å². The van der Waals surface area contributed by atoms with Gasteiger partial charge in [-0.2, -0.15) is 0 Å². The lowest BCUT2D eigenvalue weighted by molar-refractivity contribution is -0.144. The number of hydrogen-bond acceptors (Lipinski definition) is 5. The number of amides is 5. The first kappa shape index (κ1) is 25.5. The Morgan fingerprint density at radius 1 is 1.09 bits per heavy atom. The normalized spacial score (nSPS) is 23.4. The molecule has 0 spiro atoms. The molecule has 0 aromatic heterocycles. The van der Waals surface area contributed by atoms with Crippen LogP contribution in [0.4, 0.5) is 4.79 Å². The summed E-state index contributed by atoms with van der Waals surface area (Å²) in [5.41, 5.74) is 1.13. The molecule has 1 aromatic rings. The molecule has 10 heteroatoms. The number of carbonyl (C=O) groups excluding carboxylic acids is 4. The number of urea groups is 1. The summed E-state index contributed by atoms with van der Waals surface area (Å²) in [7, 11) is 3.20. The molecule has 0 saturated carbocycles. The summed E-state index contributed by atoms with van der Waals surface area (Å²) >= 11 is 0. The Hall–Kier alpha value is -3.14. The summed E-state index contributed by atoms with van der Waals surface area (Å²) in [4.78, 5) is 54.8. The molecule has 0 radical (unpaired) electrons. The van der Waals surface area contributed by atoms with Gasteiger partial charge in [-0.25, -0.2) is 4.79 Å². The molecule has 4 atom stereocenters. The molecule has 5 amide bonds. The highest BCUT2D eigenvalue weighted by Crippen LogP contribution is 2.29. The Balaban J connectivity index is 1.73. The third-order valence-corrected chi connectivity index (χ3v) is 6.69. The van der Waals surface area contributed by atoms with Crippen LogP contribution in [0, 0.1) is 0 Å². The van der Waals surface area contributed by atoms with Crippen LogP contribution < -0.4 is 21.3 Å². The van der Waals surface area contributed by atoms with Gasteiger partial charge in [-0.05, 0) is 45.2 Å². The van der Waals surface area contributed by atoms with Gasteiger partial charge < -0.3 is 31.1 Å². The second kappa shape index (κ2) is 11.8. The van der Waals surface area contributed by atoms with E-state index < -0.39 is 18.1 Å². The molecule has 34 heavy (non-hydrogen) atoms. The van der Waals surface area contributed by atoms with Gasteiger partial charge in [0.1, 0.15) is 12.1 Å². The van der Waals surface area contributed by atoms with Crippen LogP contribution in [0.1, 0.15) is 31.7 Å². The van der Waals surface area contributed by atoms with Gasteiger partial charge in [0.15, 0.2) is 0 Å². The number of fused-ring (bicyclic) bond motifs is 1. The lowest BCUT2D eigenvalue weighted by Crippen LogP contribution is -2.62. The molecule has 2 heterocycles. The quantitative estimate of drug-likeness (QED) is 0.439. The summed E-state index contributed by atoms with van der Waals surface area (Å²) < 4.78 is 0. The van der Waals surface area contributed by atoms with Crippen molar-refractivity contribution in [1.82, 2.24) is 31.1 Å². The topological polar surface area (TPSA) is 123 Å². The molecule has 0 aliphatic carbocycles. The molecule has 0 bridgehead atoms. The predicted molar refractivity (Wildman–Crippen MR) is 128 cm³/mol. The molecule has 1 aromatic carbocycles. The SMILES string of the molecule is CNC(=O)N1CC[C@H]2CC[C@@H](C(=O)NCCc3ccccc3)N2C(=O)[C@@H](NC(=O)C(C)NC)C1. The third kappa shape index (κ3) is 6.05. The number of nitrogens with zero attached hydrogens (tertiary/aromatic N) is 2. The average Bonchev–Trinajstić information content (AvgIpc) is 3.27. The lowest BCUT2D eigenvalue weighted by Gasteiger charge is -2.38. The Labute approximate surface area is 200 Å². The summed E-state index contributed by atoms with van der Waals surface area (Å²) in [6.07, 6.45) is 2.53. The maximum Gasteiger partial charge on any atom is 0.317 e. The molecule has 186 valence electrons. The first-order valence-corrected chi connectivity index (χ1v) is 11.9. The Morgan fingerprint density at radius 2 is 1.82 bits per heavy atom. The van der Waals surface area contributed by atoms with Gasteiger partial charge in [-0.1, -0.05) is 30.3 Å². The number of nitrogens with one attached hydrogen (secondary N) is 4. The molecule has 2 aliphatic heterocycles. The van der Waals surface area contributed by atoms with E-state index in [1.165, 1.54) is 7.05 Å². The summed E-state index contributed by atoms with van der Waals surface area (Å²) in [5.74, 6) is -0.835. The van der Waals surface area contributed by atoms with E-state index >= 15 is 0 Å². The number of benzene rings is 1. The predicted octanol–water partition coefficient (Wildman–Crippen LogP) is -0.157. The van der Waals surface area contributed by atoms with Crippen molar-refractivity contribution in [3.05, 3.63) is 35.9 Å². The number of hydrogen-bond donors (Lipinski definition) is 4. The number of rotatable bonds is 7. The standard InChI is InChI=1S/C24H36N6O4/c1-16(25-2)21(31)28-19-15-29(24(34)26-3)14-12-18-9-10-20(30(18)23(19)33)22(32)27-13-11-17-7-5-4-6-8-17/h4-8,16,18-20,25H,9-15H2,1-3H3,(H,26,34)(H,27,32)(H,28,31)/t16?,18-,19+,20+/m1/s1. The molecule has 1 unspecified atom stereocenters. The summed E-state index contributed by atoms with van der Waals surface area (Å²) in [6.45, 7) is 2.66. The fraction of sp³-hybridized carbons (Fsp3) is 0.583. The van der Waals surface area contributed by atoms with Crippen molar-refractivity contribution in [3.63, 3.8) is 0 Å². The van der Waals surface area contributed by atoms with E-state index in [0.717, 1.165) is 5.56 Å². The van der Waals surface area contributed by atoms with Crippen molar-refractivity contribution in [1.29, 1.82) is 0 Å². The van der Waals surface area contributed by atoms with Crippen LogP contribution in [0.25, 0.3) is 0 Å². The van der Waals surface area contributed by atoms with E-state index in [-0.39, 0.29) is 36.3 Å². The summed E-state index contributed by atoms with van der Waals surface area (Å²) in [6, 6.07) is 7.42. The van der Waals surface area contributed by atoms with E-state index in [2.05, 4.69) is 21.3 Å². The molecule has 2 saturated heterocycles. The average molecular weight is 473 g/mol. The molecule has 3 rings (SSSR count). The molecule has 10 nitrogen and oxygen atoms in total. The largest absolute Gasteiger partial charge is 0.354 e. The van der Waals surface area contributed by atoms with Gasteiger partial charge in [0, 0.05) is 26.2 Å². The Morgan fingerprint density at radius 3 is 2.50 bits per heavy atom. The highest BCUT2D eigenvalue weighted by atomic mass is 16.2. The van der Waals surface area contributed by atoms with Gasteiger partial charge in [-0.3, -0.25) is 14.4 Å². The van der Waals surface area contributed by atoms with Gasteiger partial charge >= 0.3 is 6.03 Å². The molecule has 2 aliphatic rings. The van der Waals surface area contributed by atoms with Gasteiger partial charge in [0.2, 0.25) is 17.7 Å². The zero-order valence-electron chi connectivity index (χ0n) is 20.2. The Bertz CT molecular complexity index is 879. The number of carbonyl (C=O) groups is 4. The minimum absolute atomic E-state index is 0.0479. The second-order valence-corrected chi connectivity index (χ2v) is 8.88. The van der Waals surface area contributed by atoms with E-state index in [9.17, 15) is 19.2 Å². The zero-order chi connectivity index (χ0) is 24.7. The van der Waals surface area contributed by atoms with Crippen LogP contribution in [-0.4, -0.2) is 91.4 Å². The molecule has 2 fully saturated rings. The fourth-order valence-electron chi connectivity index (χ4n) is 4.60. The Kier molecular flexibility index (Phi) is 8.86. The third-order valence-electron chi connectivity index (χ3n) is 6.69. The zero-order valence-corrected chi connectivity index (χ0v) is 20.2.